The van der Waals surface area contributed by atoms with Crippen molar-refractivity contribution in [3.8, 4) is 0 Å². The number of thioether (sulfide) groups is 1. The van der Waals surface area contributed by atoms with Gasteiger partial charge in [-0.05, 0) is 56.9 Å². The van der Waals surface area contributed by atoms with E-state index in [1.807, 2.05) is 0 Å². The molecule has 0 spiro atoms. The Balaban J connectivity index is 1.34. The number of rotatable bonds is 10. The lowest BCUT2D eigenvalue weighted by Crippen LogP contribution is -2.36. The molecule has 2 aliphatic carbocycles. The Morgan fingerprint density at radius 2 is 2.10 bits per heavy atom. The average Bonchev–Trinajstić information content (AvgIpc) is 3.48. The molecule has 1 fully saturated rings. The second-order valence-electron chi connectivity index (χ2n) is 8.23. The summed E-state index contributed by atoms with van der Waals surface area (Å²) in [5.41, 5.74) is 1.13. The first-order valence-corrected chi connectivity index (χ1v) is 13.1. The van der Waals surface area contributed by atoms with E-state index in [-0.39, 0.29) is 23.9 Å². The first-order chi connectivity index (χ1) is 15.0. The highest BCUT2D eigenvalue weighted by Gasteiger charge is 2.27. The molecule has 2 aliphatic rings. The molecule has 2 aromatic rings. The Hall–Kier alpha value is -1.87. The summed E-state index contributed by atoms with van der Waals surface area (Å²) in [5.74, 6) is 1.72. The van der Waals surface area contributed by atoms with Gasteiger partial charge in [-0.1, -0.05) is 0 Å². The highest BCUT2D eigenvalue weighted by Crippen LogP contribution is 2.33. The van der Waals surface area contributed by atoms with Crippen molar-refractivity contribution >= 4 is 45.2 Å². The highest BCUT2D eigenvalue weighted by atomic mass is 32.2. The molecule has 2 heterocycles. The van der Waals surface area contributed by atoms with Gasteiger partial charge in [-0.15, -0.1) is 23.1 Å². The largest absolute Gasteiger partial charge is 0.466 e. The number of nitrogens with one attached hydrogen (secondary N) is 1. The van der Waals surface area contributed by atoms with Crippen LogP contribution in [0.1, 0.15) is 55.3 Å². The van der Waals surface area contributed by atoms with E-state index in [1.54, 1.807) is 23.2 Å². The molecule has 1 N–H and O–H groups in total. The number of carbonyl (C=O) groups is 2. The van der Waals surface area contributed by atoms with Crippen LogP contribution in [0.3, 0.4) is 0 Å². The summed E-state index contributed by atoms with van der Waals surface area (Å²) in [6.45, 7) is 3.24. The Morgan fingerprint density at radius 3 is 2.87 bits per heavy atom. The van der Waals surface area contributed by atoms with Crippen molar-refractivity contribution in [3.05, 3.63) is 26.6 Å². The van der Waals surface area contributed by atoms with Crippen molar-refractivity contribution in [1.29, 1.82) is 0 Å². The number of aromatic amines is 1. The molecule has 31 heavy (non-hydrogen) atoms. The predicted octanol–water partition coefficient (Wildman–Crippen LogP) is 3.29. The zero-order chi connectivity index (χ0) is 21.8. The number of aryl methyl sites for hydroxylation is 2. The topological polar surface area (TPSA) is 92.4 Å². The number of thiophene rings is 1. The number of ether oxygens (including phenoxy) is 1. The van der Waals surface area contributed by atoms with E-state index < -0.39 is 0 Å². The van der Waals surface area contributed by atoms with Crippen LogP contribution in [0.15, 0.2) is 4.79 Å². The predicted molar refractivity (Wildman–Crippen MR) is 124 cm³/mol. The number of fused-ring (bicyclic) bond motifs is 3. The molecule has 0 radical (unpaired) electrons. The Kier molecular flexibility index (Phi) is 7.32. The number of hydrogen-bond acceptors (Lipinski definition) is 7. The number of nitrogens with zero attached hydrogens (tertiary/aromatic N) is 2. The third kappa shape index (κ3) is 5.68. The lowest BCUT2D eigenvalue weighted by molar-refractivity contribution is -0.144. The fourth-order valence-corrected chi connectivity index (χ4v) is 6.06. The summed E-state index contributed by atoms with van der Waals surface area (Å²) in [5, 5.41) is 0.763. The van der Waals surface area contributed by atoms with Gasteiger partial charge in [0.1, 0.15) is 10.7 Å². The van der Waals surface area contributed by atoms with Crippen LogP contribution in [0.2, 0.25) is 0 Å². The quantitative estimate of drug-likeness (QED) is 0.544. The summed E-state index contributed by atoms with van der Waals surface area (Å²) in [6, 6.07) is 0. The van der Waals surface area contributed by atoms with Gasteiger partial charge in [0.05, 0.1) is 29.9 Å². The van der Waals surface area contributed by atoms with E-state index in [9.17, 15) is 14.4 Å². The SMILES string of the molecule is CCOC(=O)CCN(CC1CC1)C(=O)CSCc1nc2sc3c(c2c(=O)[nH]1)CCCC3. The van der Waals surface area contributed by atoms with E-state index >= 15 is 0 Å². The summed E-state index contributed by atoms with van der Waals surface area (Å²) in [4.78, 5) is 48.6. The minimum absolute atomic E-state index is 0.0243. The van der Waals surface area contributed by atoms with Crippen LogP contribution in [-0.4, -0.2) is 52.2 Å². The van der Waals surface area contributed by atoms with E-state index in [1.165, 1.54) is 28.6 Å². The van der Waals surface area contributed by atoms with Crippen LogP contribution in [0.25, 0.3) is 10.2 Å². The number of H-pyrrole nitrogens is 1. The number of esters is 1. The third-order valence-corrected chi connectivity index (χ3v) is 7.87. The zero-order valence-electron chi connectivity index (χ0n) is 17.9. The molecule has 0 aromatic carbocycles. The molecule has 0 atom stereocenters. The fraction of sp³-hybridized carbons (Fsp3) is 0.636. The minimum Gasteiger partial charge on any atom is -0.466 e. The van der Waals surface area contributed by atoms with Crippen LogP contribution in [0, 0.1) is 5.92 Å². The normalized spacial score (nSPS) is 15.6. The lowest BCUT2D eigenvalue weighted by atomic mass is 9.97. The van der Waals surface area contributed by atoms with Crippen LogP contribution < -0.4 is 5.56 Å². The van der Waals surface area contributed by atoms with Crippen LogP contribution >= 0.6 is 23.1 Å². The smallest absolute Gasteiger partial charge is 0.307 e. The van der Waals surface area contributed by atoms with Crippen molar-refractivity contribution in [2.75, 3.05) is 25.4 Å². The van der Waals surface area contributed by atoms with Crippen LogP contribution in [0.5, 0.6) is 0 Å². The Bertz CT molecular complexity index is 1010. The molecule has 7 nitrogen and oxygen atoms in total. The molecule has 1 amide bonds. The van der Waals surface area contributed by atoms with Crippen molar-refractivity contribution in [3.63, 3.8) is 0 Å². The monoisotopic (exact) mass is 463 g/mol. The second kappa shape index (κ2) is 10.2. The van der Waals surface area contributed by atoms with E-state index in [0.717, 1.165) is 42.3 Å². The average molecular weight is 464 g/mol. The standard InChI is InChI=1S/C22H29N3O4S2/c1-2-29-19(27)9-10-25(11-14-7-8-14)18(26)13-30-12-17-23-21(28)20-15-5-3-4-6-16(15)31-22(20)24-17/h14H,2-13H2,1H3,(H,23,24,28). The van der Waals surface area contributed by atoms with E-state index in [0.29, 0.717) is 42.9 Å². The number of carbonyl (C=O) groups excluding carboxylic acids is 2. The van der Waals surface area contributed by atoms with Crippen molar-refractivity contribution < 1.29 is 14.3 Å². The van der Waals surface area contributed by atoms with Gasteiger partial charge in [-0.25, -0.2) is 4.98 Å². The van der Waals surface area contributed by atoms with Gasteiger partial charge < -0.3 is 14.6 Å². The molecule has 0 saturated heterocycles. The molecule has 4 rings (SSSR count). The highest BCUT2D eigenvalue weighted by molar-refractivity contribution is 7.99. The van der Waals surface area contributed by atoms with Gasteiger partial charge in [0.15, 0.2) is 0 Å². The number of hydrogen-bond donors (Lipinski definition) is 1. The molecule has 0 unspecified atom stereocenters. The van der Waals surface area contributed by atoms with Gasteiger partial charge in [0.25, 0.3) is 5.56 Å². The van der Waals surface area contributed by atoms with E-state index in [2.05, 4.69) is 9.97 Å². The summed E-state index contributed by atoms with van der Waals surface area (Å²) in [7, 11) is 0. The van der Waals surface area contributed by atoms with Gasteiger partial charge in [0, 0.05) is 18.0 Å². The maximum Gasteiger partial charge on any atom is 0.307 e. The van der Waals surface area contributed by atoms with Gasteiger partial charge >= 0.3 is 5.97 Å². The van der Waals surface area contributed by atoms with Crippen molar-refractivity contribution in [2.24, 2.45) is 5.92 Å². The molecule has 0 bridgehead atoms. The zero-order valence-corrected chi connectivity index (χ0v) is 19.5. The molecular formula is C22H29N3O4S2. The number of aromatic nitrogens is 2. The Labute approximate surface area is 190 Å². The maximum absolute atomic E-state index is 12.7. The molecule has 2 aromatic heterocycles. The number of amides is 1. The fourth-order valence-electron chi connectivity index (χ4n) is 3.99. The molecule has 1 saturated carbocycles. The van der Waals surface area contributed by atoms with Crippen LogP contribution in [-0.2, 0) is 32.9 Å². The first kappa shape index (κ1) is 22.3. The third-order valence-electron chi connectivity index (χ3n) is 5.76. The maximum atomic E-state index is 12.7. The molecule has 0 aliphatic heterocycles. The van der Waals surface area contributed by atoms with Gasteiger partial charge in [-0.3, -0.25) is 14.4 Å². The van der Waals surface area contributed by atoms with Crippen molar-refractivity contribution in [1.82, 2.24) is 14.9 Å². The first-order valence-electron chi connectivity index (χ1n) is 11.1. The summed E-state index contributed by atoms with van der Waals surface area (Å²) < 4.78 is 4.98. The second-order valence-corrected chi connectivity index (χ2v) is 10.3. The Morgan fingerprint density at radius 1 is 1.29 bits per heavy atom. The van der Waals surface area contributed by atoms with E-state index in [4.69, 9.17) is 4.74 Å². The summed E-state index contributed by atoms with van der Waals surface area (Å²) >= 11 is 3.09. The lowest BCUT2D eigenvalue weighted by Gasteiger charge is -2.22. The van der Waals surface area contributed by atoms with Gasteiger partial charge in [0.2, 0.25) is 5.91 Å². The molecule has 9 heteroatoms. The van der Waals surface area contributed by atoms with Crippen molar-refractivity contribution in [2.45, 2.75) is 57.6 Å². The van der Waals surface area contributed by atoms with Crippen LogP contribution in [0.4, 0.5) is 0 Å². The molecule has 168 valence electrons. The minimum atomic E-state index is -0.266. The van der Waals surface area contributed by atoms with Gasteiger partial charge in [-0.2, -0.15) is 0 Å². The summed E-state index contributed by atoms with van der Waals surface area (Å²) in [6.07, 6.45) is 6.83. The molecular weight excluding hydrogens is 434 g/mol.